The molecule has 0 bridgehead atoms. The first-order valence-electron chi connectivity index (χ1n) is 6.77. The number of carbonyl (C=O) groups is 1. The highest BCUT2D eigenvalue weighted by Gasteiger charge is 2.25. The quantitative estimate of drug-likeness (QED) is 0.805. The van der Waals surface area contributed by atoms with E-state index < -0.39 is 0 Å². The Morgan fingerprint density at radius 1 is 1.35 bits per heavy atom. The first-order valence-corrected chi connectivity index (χ1v) is 6.77. The molecular formula is C15H18N4O. The third kappa shape index (κ3) is 2.05. The van der Waals surface area contributed by atoms with Crippen molar-refractivity contribution in [2.45, 2.75) is 19.8 Å². The number of carbonyl (C=O) groups excluding carboxylic acids is 1. The van der Waals surface area contributed by atoms with Gasteiger partial charge in [-0.15, -0.1) is 0 Å². The zero-order valence-corrected chi connectivity index (χ0v) is 11.8. The second-order valence-corrected chi connectivity index (χ2v) is 5.24. The highest BCUT2D eigenvalue weighted by atomic mass is 16.2. The fraction of sp³-hybridized carbons (Fsp3) is 0.333. The highest BCUT2D eigenvalue weighted by Crippen LogP contribution is 2.30. The van der Waals surface area contributed by atoms with Crippen LogP contribution in [-0.2, 0) is 13.5 Å². The van der Waals surface area contributed by atoms with Crippen molar-refractivity contribution >= 4 is 17.3 Å². The predicted octanol–water partition coefficient (Wildman–Crippen LogP) is 1.90. The van der Waals surface area contributed by atoms with Gasteiger partial charge in [0.25, 0.3) is 5.91 Å². The zero-order chi connectivity index (χ0) is 14.3. The molecule has 5 heteroatoms. The van der Waals surface area contributed by atoms with Crippen LogP contribution in [0.15, 0.2) is 24.3 Å². The van der Waals surface area contributed by atoms with Crippen LogP contribution in [0.25, 0.3) is 0 Å². The van der Waals surface area contributed by atoms with Crippen LogP contribution in [0, 0.1) is 6.92 Å². The van der Waals surface area contributed by atoms with Crippen LogP contribution in [-0.4, -0.2) is 22.2 Å². The third-order valence-corrected chi connectivity index (χ3v) is 3.69. The van der Waals surface area contributed by atoms with E-state index in [0.29, 0.717) is 11.4 Å². The molecule has 104 valence electrons. The molecule has 0 aliphatic carbocycles. The number of hydrogen-bond acceptors (Lipinski definition) is 3. The van der Waals surface area contributed by atoms with Crippen molar-refractivity contribution < 1.29 is 4.79 Å². The number of anilines is 2. The average molecular weight is 270 g/mol. The summed E-state index contributed by atoms with van der Waals surface area (Å²) in [6, 6.07) is 7.61. The van der Waals surface area contributed by atoms with E-state index in [4.69, 9.17) is 5.73 Å². The van der Waals surface area contributed by atoms with E-state index in [-0.39, 0.29) is 5.91 Å². The third-order valence-electron chi connectivity index (χ3n) is 3.69. The van der Waals surface area contributed by atoms with Crippen molar-refractivity contribution in [2.75, 3.05) is 17.2 Å². The van der Waals surface area contributed by atoms with E-state index in [9.17, 15) is 4.79 Å². The lowest BCUT2D eigenvalue weighted by atomic mass is 10.0. The van der Waals surface area contributed by atoms with Crippen LogP contribution >= 0.6 is 0 Å². The van der Waals surface area contributed by atoms with Gasteiger partial charge in [0, 0.05) is 25.0 Å². The minimum absolute atomic E-state index is 0.0142. The van der Waals surface area contributed by atoms with Crippen LogP contribution in [0.4, 0.5) is 11.4 Å². The van der Waals surface area contributed by atoms with Gasteiger partial charge in [-0.25, -0.2) is 0 Å². The normalized spacial score (nSPS) is 14.2. The Kier molecular flexibility index (Phi) is 2.97. The second-order valence-electron chi connectivity index (χ2n) is 5.24. The minimum atomic E-state index is -0.0142. The number of aryl methyl sites for hydroxylation is 3. The molecule has 1 aromatic heterocycles. The Labute approximate surface area is 118 Å². The summed E-state index contributed by atoms with van der Waals surface area (Å²) in [5, 5.41) is 4.24. The number of nitrogens with zero attached hydrogens (tertiary/aromatic N) is 3. The Hall–Kier alpha value is -2.30. The standard InChI is InChI=1S/C15H18N4O/c1-10-8-14(18(2)17-10)15(20)19-7-3-4-11-5-6-12(16)9-13(11)19/h5-6,8-9H,3-4,7,16H2,1-2H3. The van der Waals surface area contributed by atoms with Crippen LogP contribution in [0.2, 0.25) is 0 Å². The van der Waals surface area contributed by atoms with E-state index in [1.54, 1.807) is 11.7 Å². The van der Waals surface area contributed by atoms with Gasteiger partial charge >= 0.3 is 0 Å². The number of nitrogens with two attached hydrogens (primary N) is 1. The Morgan fingerprint density at radius 2 is 2.15 bits per heavy atom. The van der Waals surface area contributed by atoms with Gasteiger partial charge in [-0.05, 0) is 43.5 Å². The topological polar surface area (TPSA) is 64.2 Å². The molecule has 0 radical (unpaired) electrons. The maximum absolute atomic E-state index is 12.7. The molecule has 2 N–H and O–H groups in total. The monoisotopic (exact) mass is 270 g/mol. The summed E-state index contributed by atoms with van der Waals surface area (Å²) >= 11 is 0. The van der Waals surface area contributed by atoms with E-state index in [0.717, 1.165) is 30.8 Å². The van der Waals surface area contributed by atoms with Crippen LogP contribution in [0.3, 0.4) is 0 Å². The second kappa shape index (κ2) is 4.67. The molecule has 1 aromatic carbocycles. The van der Waals surface area contributed by atoms with Crippen molar-refractivity contribution in [3.63, 3.8) is 0 Å². The van der Waals surface area contributed by atoms with Crippen molar-refractivity contribution in [1.29, 1.82) is 0 Å². The molecule has 0 saturated carbocycles. The van der Waals surface area contributed by atoms with E-state index in [2.05, 4.69) is 5.10 Å². The Balaban J connectivity index is 2.02. The number of amides is 1. The number of aromatic nitrogens is 2. The molecule has 2 heterocycles. The molecule has 0 spiro atoms. The summed E-state index contributed by atoms with van der Waals surface area (Å²) < 4.78 is 1.64. The van der Waals surface area contributed by atoms with Gasteiger partial charge in [0.15, 0.2) is 0 Å². The summed E-state index contributed by atoms with van der Waals surface area (Å²) in [5.41, 5.74) is 10.1. The molecule has 0 atom stereocenters. The maximum atomic E-state index is 12.7. The molecule has 0 fully saturated rings. The number of hydrogen-bond donors (Lipinski definition) is 1. The summed E-state index contributed by atoms with van der Waals surface area (Å²) in [5.74, 6) is -0.0142. The predicted molar refractivity (Wildman–Crippen MR) is 78.8 cm³/mol. The SMILES string of the molecule is Cc1cc(C(=O)N2CCCc3ccc(N)cc32)n(C)n1. The molecule has 0 unspecified atom stereocenters. The number of rotatable bonds is 1. The molecule has 3 rings (SSSR count). The Morgan fingerprint density at radius 3 is 2.85 bits per heavy atom. The van der Waals surface area contributed by atoms with Gasteiger partial charge in [0.2, 0.25) is 0 Å². The number of benzene rings is 1. The van der Waals surface area contributed by atoms with E-state index in [1.807, 2.05) is 36.1 Å². The molecule has 20 heavy (non-hydrogen) atoms. The molecule has 2 aromatic rings. The fourth-order valence-corrected chi connectivity index (χ4v) is 2.75. The summed E-state index contributed by atoms with van der Waals surface area (Å²) in [7, 11) is 1.80. The molecule has 1 aliphatic rings. The molecular weight excluding hydrogens is 252 g/mol. The van der Waals surface area contributed by atoms with Crippen molar-refractivity contribution in [3.8, 4) is 0 Å². The molecule has 1 amide bonds. The summed E-state index contributed by atoms with van der Waals surface area (Å²) in [6.07, 6.45) is 1.96. The van der Waals surface area contributed by atoms with Crippen molar-refractivity contribution in [2.24, 2.45) is 7.05 Å². The largest absolute Gasteiger partial charge is 0.399 e. The molecule has 5 nitrogen and oxygen atoms in total. The lowest BCUT2D eigenvalue weighted by Gasteiger charge is -2.29. The van der Waals surface area contributed by atoms with Crippen molar-refractivity contribution in [1.82, 2.24) is 9.78 Å². The van der Waals surface area contributed by atoms with Crippen LogP contribution < -0.4 is 10.6 Å². The van der Waals surface area contributed by atoms with Gasteiger partial charge in [-0.3, -0.25) is 9.48 Å². The first kappa shape index (κ1) is 12.7. The molecule has 1 aliphatic heterocycles. The van der Waals surface area contributed by atoms with E-state index >= 15 is 0 Å². The fourth-order valence-electron chi connectivity index (χ4n) is 2.75. The smallest absolute Gasteiger partial charge is 0.276 e. The zero-order valence-electron chi connectivity index (χ0n) is 11.8. The highest BCUT2D eigenvalue weighted by molar-refractivity contribution is 6.06. The lowest BCUT2D eigenvalue weighted by molar-refractivity contribution is 0.0976. The minimum Gasteiger partial charge on any atom is -0.399 e. The maximum Gasteiger partial charge on any atom is 0.276 e. The Bertz CT molecular complexity index is 675. The molecule has 0 saturated heterocycles. The summed E-state index contributed by atoms with van der Waals surface area (Å²) in [6.45, 7) is 2.61. The number of nitrogen functional groups attached to an aromatic ring is 1. The average Bonchev–Trinajstić information content (AvgIpc) is 2.76. The van der Waals surface area contributed by atoms with Gasteiger partial charge in [0.05, 0.1) is 5.69 Å². The van der Waals surface area contributed by atoms with Crippen molar-refractivity contribution in [3.05, 3.63) is 41.2 Å². The van der Waals surface area contributed by atoms with Gasteiger partial charge in [-0.2, -0.15) is 5.10 Å². The summed E-state index contributed by atoms with van der Waals surface area (Å²) in [4.78, 5) is 14.5. The van der Waals surface area contributed by atoms with Gasteiger partial charge in [-0.1, -0.05) is 6.07 Å². The van der Waals surface area contributed by atoms with Crippen LogP contribution in [0.5, 0.6) is 0 Å². The number of fused-ring (bicyclic) bond motifs is 1. The first-order chi connectivity index (χ1) is 9.56. The van der Waals surface area contributed by atoms with Gasteiger partial charge < -0.3 is 10.6 Å². The van der Waals surface area contributed by atoms with Crippen LogP contribution in [0.1, 0.15) is 28.2 Å². The van der Waals surface area contributed by atoms with E-state index in [1.165, 1.54) is 5.56 Å². The lowest BCUT2D eigenvalue weighted by Crippen LogP contribution is -2.36. The van der Waals surface area contributed by atoms with Gasteiger partial charge in [0.1, 0.15) is 5.69 Å².